The van der Waals surface area contributed by atoms with Gasteiger partial charge in [0.1, 0.15) is 0 Å². The van der Waals surface area contributed by atoms with Crippen LogP contribution in [0.1, 0.15) is 5.56 Å². The molecule has 0 fully saturated rings. The summed E-state index contributed by atoms with van der Waals surface area (Å²) in [6.07, 6.45) is 1.08. The lowest BCUT2D eigenvalue weighted by Crippen LogP contribution is -2.29. The SMILES string of the molecule is CS(=O)(=O)ON1C(=O)Cc2ccccc21.O.O.O. The fourth-order valence-electron chi connectivity index (χ4n) is 1.44. The van der Waals surface area contributed by atoms with Crippen molar-refractivity contribution in [3.8, 4) is 0 Å². The lowest BCUT2D eigenvalue weighted by molar-refractivity contribution is -0.121. The number of carbonyl (C=O) groups is 1. The summed E-state index contributed by atoms with van der Waals surface area (Å²) in [5, 5.41) is 0.824. The highest BCUT2D eigenvalue weighted by atomic mass is 32.2. The van der Waals surface area contributed by atoms with Crippen LogP contribution >= 0.6 is 0 Å². The van der Waals surface area contributed by atoms with Crippen LogP contribution in [0.4, 0.5) is 5.69 Å². The zero-order valence-electron chi connectivity index (χ0n) is 9.50. The van der Waals surface area contributed by atoms with Crippen molar-refractivity contribution in [2.24, 2.45) is 0 Å². The van der Waals surface area contributed by atoms with E-state index in [4.69, 9.17) is 0 Å². The van der Waals surface area contributed by atoms with Crippen molar-refractivity contribution in [1.82, 2.24) is 0 Å². The van der Waals surface area contributed by atoms with Crippen LogP contribution in [-0.4, -0.2) is 37.0 Å². The molecule has 18 heavy (non-hydrogen) atoms. The van der Waals surface area contributed by atoms with Gasteiger partial charge in [-0.05, 0) is 11.6 Å². The number of rotatable bonds is 2. The number of hydrogen-bond acceptors (Lipinski definition) is 4. The van der Waals surface area contributed by atoms with Crippen LogP contribution < -0.4 is 5.06 Å². The molecular formula is C9H15NO7S. The Morgan fingerprint density at radius 2 is 1.72 bits per heavy atom. The maximum atomic E-state index is 11.4. The number of fused-ring (bicyclic) bond motifs is 1. The number of hydrogen-bond donors (Lipinski definition) is 0. The van der Waals surface area contributed by atoms with E-state index in [1.165, 1.54) is 0 Å². The summed E-state index contributed by atoms with van der Waals surface area (Å²) < 4.78 is 26.4. The van der Waals surface area contributed by atoms with Crippen molar-refractivity contribution in [2.45, 2.75) is 6.42 Å². The smallest absolute Gasteiger partial charge is 0.285 e. The van der Waals surface area contributed by atoms with E-state index in [9.17, 15) is 13.2 Å². The molecule has 1 heterocycles. The van der Waals surface area contributed by atoms with E-state index < -0.39 is 10.1 Å². The first-order chi connectivity index (χ1) is 6.97. The van der Waals surface area contributed by atoms with Crippen molar-refractivity contribution in [1.29, 1.82) is 0 Å². The molecule has 0 spiro atoms. The van der Waals surface area contributed by atoms with Gasteiger partial charge in [-0.2, -0.15) is 13.5 Å². The standard InChI is InChI=1S/C9H9NO4S.3H2O/c1-15(12,13)14-10-8-5-3-2-4-7(8)6-9(10)11;;;/h2-5H,6H2,1H3;3*1H2. The van der Waals surface area contributed by atoms with E-state index in [1.54, 1.807) is 24.3 Å². The van der Waals surface area contributed by atoms with Crippen molar-refractivity contribution in [2.75, 3.05) is 11.3 Å². The molecule has 8 nitrogen and oxygen atoms in total. The number of benzene rings is 1. The minimum absolute atomic E-state index is 0. The Balaban J connectivity index is 0. The second kappa shape index (κ2) is 6.42. The fourth-order valence-corrected chi connectivity index (χ4v) is 1.88. The van der Waals surface area contributed by atoms with E-state index in [-0.39, 0.29) is 28.8 Å². The Kier molecular flexibility index (Phi) is 6.72. The third kappa shape index (κ3) is 3.75. The molecule has 0 bridgehead atoms. The molecule has 1 aromatic carbocycles. The molecular weight excluding hydrogens is 266 g/mol. The predicted molar refractivity (Wildman–Crippen MR) is 64.4 cm³/mol. The number of nitrogens with zero attached hydrogens (tertiary/aromatic N) is 1. The Hall–Kier alpha value is -1.52. The molecule has 1 aromatic rings. The topological polar surface area (TPSA) is 158 Å². The van der Waals surface area contributed by atoms with Crippen LogP contribution in [0.5, 0.6) is 0 Å². The molecule has 1 aliphatic rings. The molecule has 0 aliphatic carbocycles. The lowest BCUT2D eigenvalue weighted by atomic mass is 10.2. The van der Waals surface area contributed by atoms with Crippen molar-refractivity contribution < 1.29 is 33.9 Å². The van der Waals surface area contributed by atoms with Gasteiger partial charge in [-0.15, -0.1) is 4.28 Å². The van der Waals surface area contributed by atoms with E-state index in [0.717, 1.165) is 16.9 Å². The quantitative estimate of drug-likeness (QED) is 0.613. The summed E-state index contributed by atoms with van der Waals surface area (Å²) in [7, 11) is -3.68. The monoisotopic (exact) mass is 281 g/mol. The molecule has 1 amide bonds. The molecule has 104 valence electrons. The summed E-state index contributed by atoms with van der Waals surface area (Å²) in [4.78, 5) is 11.4. The van der Waals surface area contributed by atoms with Crippen LogP contribution in [0.3, 0.4) is 0 Å². The molecule has 0 saturated heterocycles. The van der Waals surface area contributed by atoms with Gasteiger partial charge in [0.25, 0.3) is 16.0 Å². The molecule has 0 radical (unpaired) electrons. The number of para-hydroxylation sites is 1. The molecule has 6 N–H and O–H groups in total. The van der Waals surface area contributed by atoms with Crippen LogP contribution in [0.2, 0.25) is 0 Å². The maximum Gasteiger partial charge on any atom is 0.285 e. The second-order valence-corrected chi connectivity index (χ2v) is 4.83. The van der Waals surface area contributed by atoms with E-state index >= 15 is 0 Å². The normalized spacial score (nSPS) is 12.9. The molecule has 1 aliphatic heterocycles. The first-order valence-corrected chi connectivity index (χ1v) is 6.09. The molecule has 9 heteroatoms. The molecule has 0 atom stereocenters. The van der Waals surface area contributed by atoms with Crippen molar-refractivity contribution in [3.63, 3.8) is 0 Å². The fraction of sp³-hybridized carbons (Fsp3) is 0.222. The largest absolute Gasteiger partial charge is 0.412 e. The van der Waals surface area contributed by atoms with E-state index in [0.29, 0.717) is 5.69 Å². The Morgan fingerprint density at radius 3 is 2.28 bits per heavy atom. The zero-order chi connectivity index (χ0) is 11.1. The second-order valence-electron chi connectivity index (χ2n) is 3.27. The summed E-state index contributed by atoms with van der Waals surface area (Å²) in [6, 6.07) is 6.91. The molecule has 0 saturated carbocycles. The van der Waals surface area contributed by atoms with Gasteiger partial charge in [0, 0.05) is 0 Å². The minimum atomic E-state index is -3.68. The van der Waals surface area contributed by atoms with Gasteiger partial charge in [0.05, 0.1) is 18.4 Å². The summed E-state index contributed by atoms with van der Waals surface area (Å²) in [5.41, 5.74) is 1.26. The van der Waals surface area contributed by atoms with Gasteiger partial charge < -0.3 is 16.4 Å². The Bertz CT molecular complexity index is 513. The average molecular weight is 281 g/mol. The Labute approximate surface area is 104 Å². The summed E-state index contributed by atoms with van der Waals surface area (Å²) >= 11 is 0. The van der Waals surface area contributed by atoms with Gasteiger partial charge in [0.15, 0.2) is 0 Å². The van der Waals surface area contributed by atoms with E-state index in [1.807, 2.05) is 0 Å². The highest BCUT2D eigenvalue weighted by Gasteiger charge is 2.30. The van der Waals surface area contributed by atoms with Gasteiger partial charge in [-0.3, -0.25) is 4.79 Å². The molecule has 0 aromatic heterocycles. The average Bonchev–Trinajstić information content (AvgIpc) is 2.41. The van der Waals surface area contributed by atoms with E-state index in [2.05, 4.69) is 4.28 Å². The van der Waals surface area contributed by atoms with Crippen molar-refractivity contribution >= 4 is 21.7 Å². The number of anilines is 1. The van der Waals surface area contributed by atoms with Crippen LogP contribution in [0.25, 0.3) is 0 Å². The highest BCUT2D eigenvalue weighted by Crippen LogP contribution is 2.29. The Morgan fingerprint density at radius 1 is 1.17 bits per heavy atom. The van der Waals surface area contributed by atoms with Gasteiger partial charge >= 0.3 is 0 Å². The number of carbonyl (C=O) groups excluding carboxylic acids is 1. The maximum absolute atomic E-state index is 11.4. The number of amides is 1. The number of hydroxylamine groups is 1. The van der Waals surface area contributed by atoms with Gasteiger partial charge in [-0.1, -0.05) is 18.2 Å². The molecule has 2 rings (SSSR count). The summed E-state index contributed by atoms with van der Waals surface area (Å²) in [5.74, 6) is -0.373. The van der Waals surface area contributed by atoms with Crippen molar-refractivity contribution in [3.05, 3.63) is 29.8 Å². The van der Waals surface area contributed by atoms with Crippen LogP contribution in [0, 0.1) is 0 Å². The van der Waals surface area contributed by atoms with Crippen LogP contribution in [-0.2, 0) is 25.6 Å². The van der Waals surface area contributed by atoms with Gasteiger partial charge in [0.2, 0.25) is 0 Å². The first-order valence-electron chi connectivity index (χ1n) is 4.28. The van der Waals surface area contributed by atoms with Crippen LogP contribution in [0.15, 0.2) is 24.3 Å². The van der Waals surface area contributed by atoms with Gasteiger partial charge in [-0.25, -0.2) is 0 Å². The molecule has 0 unspecified atom stereocenters. The minimum Gasteiger partial charge on any atom is -0.412 e. The third-order valence-corrected chi connectivity index (χ3v) is 2.41. The third-order valence-electron chi connectivity index (χ3n) is 1.99. The predicted octanol–water partition coefficient (Wildman–Crippen LogP) is -2.01. The summed E-state index contributed by atoms with van der Waals surface area (Å²) in [6.45, 7) is 0. The zero-order valence-corrected chi connectivity index (χ0v) is 10.3. The lowest BCUT2D eigenvalue weighted by Gasteiger charge is -2.13. The first kappa shape index (κ1) is 18.8. The highest BCUT2D eigenvalue weighted by molar-refractivity contribution is 7.86.